The monoisotopic (exact) mass is 184 g/mol. The minimum absolute atomic E-state index is 0.0734. The molecule has 0 atom stereocenters. The molecule has 0 spiro atoms. The van der Waals surface area contributed by atoms with Crippen LogP contribution in [-0.2, 0) is 9.59 Å². The van der Waals surface area contributed by atoms with Gasteiger partial charge in [0.25, 0.3) is 0 Å². The predicted molar refractivity (Wildman–Crippen MR) is 48.5 cm³/mol. The van der Waals surface area contributed by atoms with Crippen molar-refractivity contribution in [1.82, 2.24) is 0 Å². The molecule has 0 saturated heterocycles. The van der Waals surface area contributed by atoms with Crippen LogP contribution in [0.2, 0.25) is 0 Å². The average Bonchev–Trinajstić information content (AvgIpc) is 2.54. The van der Waals surface area contributed by atoms with Crippen molar-refractivity contribution in [2.24, 2.45) is 5.41 Å². The molecule has 0 aromatic carbocycles. The van der Waals surface area contributed by atoms with Crippen LogP contribution < -0.4 is 0 Å². The Morgan fingerprint density at radius 1 is 1.31 bits per heavy atom. The first-order valence-electron chi connectivity index (χ1n) is 4.86. The third-order valence-electron chi connectivity index (χ3n) is 2.94. The molecule has 0 amide bonds. The Morgan fingerprint density at radius 3 is 2.23 bits per heavy atom. The number of carboxylic acid groups (broad SMARTS) is 1. The van der Waals surface area contributed by atoms with Crippen LogP contribution in [-0.4, -0.2) is 16.9 Å². The van der Waals surface area contributed by atoms with Gasteiger partial charge in [0.1, 0.15) is 5.78 Å². The number of carbonyl (C=O) groups is 2. The number of ketones is 1. The number of carboxylic acids is 1. The van der Waals surface area contributed by atoms with Crippen LogP contribution in [0.15, 0.2) is 0 Å². The molecule has 1 aliphatic rings. The fourth-order valence-electron chi connectivity index (χ4n) is 2.02. The highest BCUT2D eigenvalue weighted by Gasteiger charge is 2.42. The van der Waals surface area contributed by atoms with Crippen molar-refractivity contribution in [3.63, 3.8) is 0 Å². The molecule has 0 bridgehead atoms. The third kappa shape index (κ3) is 2.08. The van der Waals surface area contributed by atoms with Crippen molar-refractivity contribution in [2.45, 2.75) is 45.4 Å². The summed E-state index contributed by atoms with van der Waals surface area (Å²) in [7, 11) is 0. The molecule has 74 valence electrons. The highest BCUT2D eigenvalue weighted by molar-refractivity contribution is 5.86. The maximum Gasteiger partial charge on any atom is 0.310 e. The lowest BCUT2D eigenvalue weighted by molar-refractivity contribution is -0.151. The summed E-state index contributed by atoms with van der Waals surface area (Å²) in [5.74, 6) is -0.712. The minimum atomic E-state index is -0.785. The summed E-state index contributed by atoms with van der Waals surface area (Å²) in [4.78, 5) is 22.2. The molecule has 3 heteroatoms. The zero-order valence-electron chi connectivity index (χ0n) is 8.01. The zero-order valence-corrected chi connectivity index (χ0v) is 8.01. The van der Waals surface area contributed by atoms with Crippen LogP contribution in [0.1, 0.15) is 45.4 Å². The van der Waals surface area contributed by atoms with Crippen LogP contribution >= 0.6 is 0 Å². The summed E-state index contributed by atoms with van der Waals surface area (Å²) in [6.07, 6.45) is 3.93. The summed E-state index contributed by atoms with van der Waals surface area (Å²) in [6.45, 7) is 1.78. The van der Waals surface area contributed by atoms with Gasteiger partial charge in [0.2, 0.25) is 0 Å². The lowest BCUT2D eigenvalue weighted by Gasteiger charge is -2.22. The maximum absolute atomic E-state index is 11.2. The molecule has 1 fully saturated rings. The van der Waals surface area contributed by atoms with E-state index in [1.807, 2.05) is 0 Å². The van der Waals surface area contributed by atoms with Gasteiger partial charge in [-0.25, -0.2) is 0 Å². The third-order valence-corrected chi connectivity index (χ3v) is 2.94. The number of aliphatic carboxylic acids is 1. The SMILES string of the molecule is CCC(=O)CC1(C(=O)O)CCCC1. The van der Waals surface area contributed by atoms with E-state index in [9.17, 15) is 9.59 Å². The van der Waals surface area contributed by atoms with Gasteiger partial charge in [-0.1, -0.05) is 19.8 Å². The van der Waals surface area contributed by atoms with Gasteiger partial charge < -0.3 is 5.11 Å². The second-order valence-electron chi connectivity index (χ2n) is 3.86. The molecule has 0 aromatic rings. The zero-order chi connectivity index (χ0) is 9.90. The number of Topliss-reactive ketones (excluding diaryl/α,β-unsaturated/α-hetero) is 1. The second kappa shape index (κ2) is 3.90. The van der Waals surface area contributed by atoms with E-state index in [1.54, 1.807) is 6.92 Å². The molecule has 13 heavy (non-hydrogen) atoms. The van der Waals surface area contributed by atoms with Gasteiger partial charge >= 0.3 is 5.97 Å². The van der Waals surface area contributed by atoms with E-state index in [-0.39, 0.29) is 12.2 Å². The topological polar surface area (TPSA) is 54.4 Å². The van der Waals surface area contributed by atoms with Gasteiger partial charge in [0, 0.05) is 12.8 Å². The van der Waals surface area contributed by atoms with Crippen LogP contribution in [0, 0.1) is 5.41 Å². The lowest BCUT2D eigenvalue weighted by Crippen LogP contribution is -2.30. The molecule has 0 aliphatic heterocycles. The van der Waals surface area contributed by atoms with Gasteiger partial charge in [0.15, 0.2) is 0 Å². The number of hydrogen-bond acceptors (Lipinski definition) is 2. The standard InChI is InChI=1S/C10H16O3/c1-2-8(11)7-10(9(12)13)5-3-4-6-10/h2-7H2,1H3,(H,12,13). The quantitative estimate of drug-likeness (QED) is 0.727. The highest BCUT2D eigenvalue weighted by atomic mass is 16.4. The molecule has 1 aliphatic carbocycles. The fourth-order valence-corrected chi connectivity index (χ4v) is 2.02. The molecule has 0 aromatic heterocycles. The summed E-state index contributed by atoms with van der Waals surface area (Å²) in [5, 5.41) is 9.06. The minimum Gasteiger partial charge on any atom is -0.481 e. The van der Waals surface area contributed by atoms with Crippen molar-refractivity contribution >= 4 is 11.8 Å². The second-order valence-corrected chi connectivity index (χ2v) is 3.86. The highest BCUT2D eigenvalue weighted by Crippen LogP contribution is 2.41. The van der Waals surface area contributed by atoms with E-state index in [4.69, 9.17) is 5.11 Å². The van der Waals surface area contributed by atoms with Crippen LogP contribution in [0.5, 0.6) is 0 Å². The van der Waals surface area contributed by atoms with Crippen molar-refractivity contribution in [2.75, 3.05) is 0 Å². The maximum atomic E-state index is 11.2. The fraction of sp³-hybridized carbons (Fsp3) is 0.800. The van der Waals surface area contributed by atoms with Gasteiger partial charge in [-0.05, 0) is 12.8 Å². The normalized spacial score (nSPS) is 20.1. The van der Waals surface area contributed by atoms with Gasteiger partial charge in [-0.3, -0.25) is 9.59 Å². The Balaban J connectivity index is 2.68. The largest absolute Gasteiger partial charge is 0.481 e. The predicted octanol–water partition coefficient (Wildman–Crippen LogP) is 2.00. The van der Waals surface area contributed by atoms with Crippen LogP contribution in [0.4, 0.5) is 0 Å². The molecule has 1 saturated carbocycles. The summed E-state index contributed by atoms with van der Waals surface area (Å²) < 4.78 is 0. The van der Waals surface area contributed by atoms with E-state index in [0.717, 1.165) is 12.8 Å². The molecule has 1 rings (SSSR count). The number of hydrogen-bond donors (Lipinski definition) is 1. The molecule has 0 heterocycles. The Kier molecular flexibility index (Phi) is 3.07. The van der Waals surface area contributed by atoms with E-state index >= 15 is 0 Å². The smallest absolute Gasteiger partial charge is 0.310 e. The summed E-state index contributed by atoms with van der Waals surface area (Å²) in [6, 6.07) is 0. The molecular formula is C10H16O3. The summed E-state index contributed by atoms with van der Waals surface area (Å²) >= 11 is 0. The Labute approximate surface area is 78.1 Å². The molecule has 1 N–H and O–H groups in total. The Morgan fingerprint density at radius 2 is 1.85 bits per heavy atom. The first-order valence-corrected chi connectivity index (χ1v) is 4.86. The van der Waals surface area contributed by atoms with Crippen molar-refractivity contribution in [3.8, 4) is 0 Å². The van der Waals surface area contributed by atoms with E-state index in [1.165, 1.54) is 0 Å². The van der Waals surface area contributed by atoms with Gasteiger partial charge in [0.05, 0.1) is 5.41 Å². The lowest BCUT2D eigenvalue weighted by atomic mass is 9.81. The van der Waals surface area contributed by atoms with Crippen molar-refractivity contribution in [3.05, 3.63) is 0 Å². The van der Waals surface area contributed by atoms with Crippen LogP contribution in [0.25, 0.3) is 0 Å². The van der Waals surface area contributed by atoms with Gasteiger partial charge in [-0.2, -0.15) is 0 Å². The Hall–Kier alpha value is -0.860. The molecular weight excluding hydrogens is 168 g/mol. The number of rotatable bonds is 4. The van der Waals surface area contributed by atoms with E-state index < -0.39 is 11.4 Å². The van der Waals surface area contributed by atoms with Crippen LogP contribution in [0.3, 0.4) is 0 Å². The van der Waals surface area contributed by atoms with Gasteiger partial charge in [-0.15, -0.1) is 0 Å². The Bertz CT molecular complexity index is 214. The van der Waals surface area contributed by atoms with E-state index in [2.05, 4.69) is 0 Å². The first kappa shape index (κ1) is 10.2. The molecule has 3 nitrogen and oxygen atoms in total. The van der Waals surface area contributed by atoms with E-state index in [0.29, 0.717) is 19.3 Å². The molecule has 0 radical (unpaired) electrons. The number of carbonyl (C=O) groups excluding carboxylic acids is 1. The van der Waals surface area contributed by atoms with Crippen molar-refractivity contribution in [1.29, 1.82) is 0 Å². The summed E-state index contributed by atoms with van der Waals surface area (Å²) in [5.41, 5.74) is -0.715. The average molecular weight is 184 g/mol. The first-order chi connectivity index (χ1) is 6.10. The van der Waals surface area contributed by atoms with Crippen molar-refractivity contribution < 1.29 is 14.7 Å². The molecule has 0 unspecified atom stereocenters.